The lowest BCUT2D eigenvalue weighted by atomic mass is 10.2. The van der Waals surface area contributed by atoms with Crippen LogP contribution in [0.2, 0.25) is 0 Å². The zero-order chi connectivity index (χ0) is 14.5. The second kappa shape index (κ2) is 7.31. The molecule has 0 aliphatic carbocycles. The van der Waals surface area contributed by atoms with Crippen molar-refractivity contribution >= 4 is 29.5 Å². The highest BCUT2D eigenvalue weighted by Gasteiger charge is 2.31. The van der Waals surface area contributed by atoms with Crippen molar-refractivity contribution in [1.29, 1.82) is 0 Å². The number of hydrogen-bond acceptors (Lipinski definition) is 4. The number of halogens is 1. The number of hydrogen-bond donors (Lipinski definition) is 1. The topological polar surface area (TPSA) is 49.8 Å². The first-order chi connectivity index (χ1) is 9.58. The summed E-state index contributed by atoms with van der Waals surface area (Å²) >= 11 is 7.23. The van der Waals surface area contributed by atoms with E-state index < -0.39 is 11.7 Å². The Kier molecular flexibility index (Phi) is 5.72. The second-order valence-electron chi connectivity index (χ2n) is 4.67. The zero-order valence-corrected chi connectivity index (χ0v) is 12.8. The van der Waals surface area contributed by atoms with E-state index in [1.54, 1.807) is 11.2 Å². The standard InChI is InChI=1S/C14H18ClNO3S/c1-10(15)13(17)16(9-11-5-3-2-4-6-11)20-12-7-8-19-14(12)18/h2-6,10,12,14,18H,7-9H2,1H3/t10-,12?,14?/m1/s1. The third-order valence-electron chi connectivity index (χ3n) is 3.03. The number of aliphatic hydroxyl groups excluding tert-OH is 1. The molecule has 1 saturated heterocycles. The van der Waals surface area contributed by atoms with E-state index in [2.05, 4.69) is 0 Å². The summed E-state index contributed by atoms with van der Waals surface area (Å²) in [4.78, 5) is 12.2. The summed E-state index contributed by atoms with van der Waals surface area (Å²) in [6.07, 6.45) is -0.0992. The van der Waals surface area contributed by atoms with Gasteiger partial charge < -0.3 is 9.84 Å². The molecule has 1 aromatic rings. The highest BCUT2D eigenvalue weighted by Crippen LogP contribution is 2.30. The second-order valence-corrected chi connectivity index (χ2v) is 6.58. The number of benzene rings is 1. The van der Waals surface area contributed by atoms with Gasteiger partial charge >= 0.3 is 0 Å². The van der Waals surface area contributed by atoms with Crippen molar-refractivity contribution in [2.24, 2.45) is 0 Å². The lowest BCUT2D eigenvalue weighted by molar-refractivity contribution is -0.125. The maximum absolute atomic E-state index is 12.2. The smallest absolute Gasteiger partial charge is 0.250 e. The molecule has 110 valence electrons. The predicted octanol–water partition coefficient (Wildman–Crippen LogP) is 2.40. The van der Waals surface area contributed by atoms with E-state index in [0.29, 0.717) is 13.2 Å². The van der Waals surface area contributed by atoms with Crippen LogP contribution in [0, 0.1) is 0 Å². The fraction of sp³-hybridized carbons (Fsp3) is 0.500. The molecule has 1 heterocycles. The first-order valence-corrected chi connectivity index (χ1v) is 7.81. The minimum atomic E-state index is -0.822. The first-order valence-electron chi connectivity index (χ1n) is 6.53. The molecule has 2 rings (SSSR count). The Morgan fingerprint density at radius 3 is 2.80 bits per heavy atom. The van der Waals surface area contributed by atoms with Gasteiger partial charge in [-0.3, -0.25) is 9.10 Å². The monoisotopic (exact) mass is 315 g/mol. The van der Waals surface area contributed by atoms with Crippen molar-refractivity contribution < 1.29 is 14.6 Å². The van der Waals surface area contributed by atoms with Crippen molar-refractivity contribution in [2.45, 2.75) is 36.8 Å². The first kappa shape index (κ1) is 15.6. The Morgan fingerprint density at radius 2 is 2.25 bits per heavy atom. The van der Waals surface area contributed by atoms with Crippen LogP contribution in [0.25, 0.3) is 0 Å². The number of amides is 1. The molecule has 0 saturated carbocycles. The predicted molar refractivity (Wildman–Crippen MR) is 80.3 cm³/mol. The minimum absolute atomic E-state index is 0.127. The maximum atomic E-state index is 12.2. The van der Waals surface area contributed by atoms with Crippen LogP contribution in [0.1, 0.15) is 18.9 Å². The maximum Gasteiger partial charge on any atom is 0.250 e. The number of nitrogens with zero attached hydrogens (tertiary/aromatic N) is 1. The number of carbonyl (C=O) groups excluding carboxylic acids is 1. The van der Waals surface area contributed by atoms with Crippen LogP contribution in [0.5, 0.6) is 0 Å². The van der Waals surface area contributed by atoms with Crippen LogP contribution in [0.15, 0.2) is 30.3 Å². The summed E-state index contributed by atoms with van der Waals surface area (Å²) in [6, 6.07) is 9.71. The van der Waals surface area contributed by atoms with Gasteiger partial charge in [-0.2, -0.15) is 0 Å². The van der Waals surface area contributed by atoms with Crippen molar-refractivity contribution in [1.82, 2.24) is 4.31 Å². The van der Waals surface area contributed by atoms with Crippen LogP contribution in [0.4, 0.5) is 0 Å². The average Bonchev–Trinajstić information content (AvgIpc) is 2.84. The van der Waals surface area contributed by atoms with Crippen LogP contribution in [0.3, 0.4) is 0 Å². The molecule has 1 amide bonds. The summed E-state index contributed by atoms with van der Waals surface area (Å²) in [5.74, 6) is -0.153. The number of aliphatic hydroxyl groups is 1. The molecule has 3 atom stereocenters. The molecule has 0 spiro atoms. The molecule has 1 N–H and O–H groups in total. The van der Waals surface area contributed by atoms with E-state index in [-0.39, 0.29) is 11.2 Å². The van der Waals surface area contributed by atoms with Crippen LogP contribution in [-0.2, 0) is 16.1 Å². The van der Waals surface area contributed by atoms with Gasteiger partial charge in [0, 0.05) is 0 Å². The lowest BCUT2D eigenvalue weighted by Gasteiger charge is -2.26. The Labute approximate surface area is 128 Å². The molecular weight excluding hydrogens is 298 g/mol. The molecule has 1 aliphatic rings. The summed E-state index contributed by atoms with van der Waals surface area (Å²) < 4.78 is 6.74. The SMILES string of the molecule is C[C@@H](Cl)C(=O)N(Cc1ccccc1)SC1CCOC1O. The van der Waals surface area contributed by atoms with Crippen molar-refractivity contribution in [2.75, 3.05) is 6.61 Å². The molecule has 0 radical (unpaired) electrons. The molecule has 0 bridgehead atoms. The van der Waals surface area contributed by atoms with Crippen molar-refractivity contribution in [3.63, 3.8) is 0 Å². The van der Waals surface area contributed by atoms with E-state index in [1.807, 2.05) is 30.3 Å². The van der Waals surface area contributed by atoms with Gasteiger partial charge in [0.1, 0.15) is 5.38 Å². The Balaban J connectivity index is 2.06. The summed E-state index contributed by atoms with van der Waals surface area (Å²) in [7, 11) is 0. The highest BCUT2D eigenvalue weighted by atomic mass is 35.5. The fourth-order valence-corrected chi connectivity index (χ4v) is 3.31. The van der Waals surface area contributed by atoms with Crippen molar-refractivity contribution in [3.05, 3.63) is 35.9 Å². The third-order valence-corrected chi connectivity index (χ3v) is 4.52. The molecule has 6 heteroatoms. The Hall–Kier alpha value is -0.750. The minimum Gasteiger partial charge on any atom is -0.367 e. The van der Waals surface area contributed by atoms with Gasteiger partial charge in [-0.1, -0.05) is 30.3 Å². The average molecular weight is 316 g/mol. The lowest BCUT2D eigenvalue weighted by Crippen LogP contribution is -2.33. The Morgan fingerprint density at radius 1 is 1.55 bits per heavy atom. The molecule has 1 fully saturated rings. The van der Waals surface area contributed by atoms with Gasteiger partial charge in [-0.05, 0) is 30.9 Å². The summed E-state index contributed by atoms with van der Waals surface area (Å²) in [6.45, 7) is 2.64. The number of ether oxygens (including phenoxy) is 1. The quantitative estimate of drug-likeness (QED) is 0.669. The summed E-state index contributed by atoms with van der Waals surface area (Å²) in [5, 5.41) is 8.99. The normalized spacial score (nSPS) is 23.6. The molecular formula is C14H18ClNO3S. The van der Waals surface area contributed by atoms with E-state index in [0.717, 1.165) is 12.0 Å². The molecule has 20 heavy (non-hydrogen) atoms. The number of alkyl halides is 1. The van der Waals surface area contributed by atoms with E-state index in [4.69, 9.17) is 16.3 Å². The van der Waals surface area contributed by atoms with Gasteiger partial charge in [-0.15, -0.1) is 11.6 Å². The van der Waals surface area contributed by atoms with Gasteiger partial charge in [0.2, 0.25) is 0 Å². The third kappa shape index (κ3) is 4.12. The van der Waals surface area contributed by atoms with E-state index in [1.165, 1.54) is 11.9 Å². The fourth-order valence-electron chi connectivity index (χ4n) is 1.94. The van der Waals surface area contributed by atoms with Gasteiger partial charge in [-0.25, -0.2) is 0 Å². The molecule has 0 aromatic heterocycles. The van der Waals surface area contributed by atoms with Crippen LogP contribution in [-0.4, -0.2) is 38.8 Å². The number of carbonyl (C=O) groups is 1. The molecule has 1 aromatic carbocycles. The van der Waals surface area contributed by atoms with Crippen LogP contribution < -0.4 is 0 Å². The zero-order valence-electron chi connectivity index (χ0n) is 11.2. The molecule has 2 unspecified atom stereocenters. The van der Waals surface area contributed by atoms with Crippen LogP contribution >= 0.6 is 23.5 Å². The molecule has 1 aliphatic heterocycles. The van der Waals surface area contributed by atoms with Gasteiger partial charge in [0.05, 0.1) is 18.4 Å². The largest absolute Gasteiger partial charge is 0.367 e. The van der Waals surface area contributed by atoms with E-state index in [9.17, 15) is 9.90 Å². The summed E-state index contributed by atoms with van der Waals surface area (Å²) in [5.41, 5.74) is 1.03. The Bertz CT molecular complexity index is 443. The highest BCUT2D eigenvalue weighted by molar-refractivity contribution is 7.98. The molecule has 4 nitrogen and oxygen atoms in total. The van der Waals surface area contributed by atoms with Gasteiger partial charge in [0.25, 0.3) is 5.91 Å². The van der Waals surface area contributed by atoms with Crippen molar-refractivity contribution in [3.8, 4) is 0 Å². The van der Waals surface area contributed by atoms with E-state index >= 15 is 0 Å². The number of rotatable bonds is 5. The van der Waals surface area contributed by atoms with Gasteiger partial charge in [0.15, 0.2) is 6.29 Å².